The van der Waals surface area contributed by atoms with Crippen LogP contribution in [0.5, 0.6) is 0 Å². The topological polar surface area (TPSA) is 0 Å². The van der Waals surface area contributed by atoms with E-state index in [9.17, 15) is 0 Å². The minimum absolute atomic E-state index is 0. The van der Waals surface area contributed by atoms with Gasteiger partial charge in [0.05, 0.1) is 0 Å². The van der Waals surface area contributed by atoms with Crippen molar-refractivity contribution in [3.05, 3.63) is 0 Å². The maximum atomic E-state index is 3.77. The SMILES string of the molecule is C.[S]=[Co].[SiH4]. The zero-order valence-corrected chi connectivity index (χ0v) is 2.60. The van der Waals surface area contributed by atoms with Gasteiger partial charge in [-0.15, -0.1) is 0 Å². The maximum absolute atomic E-state index is 3.77. The van der Waals surface area contributed by atoms with Crippen molar-refractivity contribution in [2.24, 2.45) is 0 Å². The summed E-state index contributed by atoms with van der Waals surface area (Å²) < 4.78 is 0. The molecule has 0 aromatic heterocycles. The van der Waals surface area contributed by atoms with E-state index in [-0.39, 0.29) is 18.4 Å². The Morgan fingerprint density at radius 2 is 1.25 bits per heavy atom. The third-order valence-electron chi connectivity index (χ3n) is 0. The van der Waals surface area contributed by atoms with Gasteiger partial charge in [-0.25, -0.2) is 0 Å². The van der Waals surface area contributed by atoms with Crippen LogP contribution in [-0.2, 0) is 14.1 Å². The summed E-state index contributed by atoms with van der Waals surface area (Å²) in [6.07, 6.45) is 0. The van der Waals surface area contributed by atoms with Gasteiger partial charge in [-0.05, 0) is 11.0 Å². The molecule has 0 rings (SSSR count). The molecule has 0 unspecified atom stereocenters. The second-order valence-corrected chi connectivity index (χ2v) is 0. The number of hydrogen-bond acceptors (Lipinski definition) is 1. The van der Waals surface area contributed by atoms with Crippen molar-refractivity contribution < 1.29 is 14.1 Å². The van der Waals surface area contributed by atoms with E-state index >= 15 is 0 Å². The zero-order chi connectivity index (χ0) is 2.00. The van der Waals surface area contributed by atoms with Crippen LogP contribution in [-0.4, -0.2) is 11.0 Å². The van der Waals surface area contributed by atoms with Crippen LogP contribution in [0, 0.1) is 0 Å². The number of rotatable bonds is 0. The van der Waals surface area contributed by atoms with Gasteiger partial charge in [-0.1, -0.05) is 7.43 Å². The predicted octanol–water partition coefficient (Wildman–Crippen LogP) is -0.170. The molecule has 0 nitrogen and oxygen atoms in total. The van der Waals surface area contributed by atoms with Gasteiger partial charge in [0.15, 0.2) is 0 Å². The Balaban J connectivity index is -0.00000000500. The first-order chi connectivity index (χ1) is 1.00. The maximum Gasteiger partial charge on any atom is -0.0149 e. The molecule has 0 aromatic rings. The van der Waals surface area contributed by atoms with Gasteiger partial charge in [0.1, 0.15) is 0 Å². The van der Waals surface area contributed by atoms with Crippen LogP contribution in [0.4, 0.5) is 0 Å². The van der Waals surface area contributed by atoms with Crippen LogP contribution in [0.25, 0.3) is 0 Å². The first-order valence-electron chi connectivity index (χ1n) is 0.136. The molecule has 0 aliphatic heterocycles. The van der Waals surface area contributed by atoms with Crippen LogP contribution in [0.2, 0.25) is 0 Å². The molecule has 0 spiro atoms. The fourth-order valence-electron chi connectivity index (χ4n) is 0. The molecule has 0 saturated heterocycles. The Morgan fingerprint density at radius 3 is 1.25 bits per heavy atom. The van der Waals surface area contributed by atoms with Gasteiger partial charge in [0.25, 0.3) is 0 Å². The van der Waals surface area contributed by atoms with Crippen LogP contribution in [0.3, 0.4) is 0 Å². The zero-order valence-electron chi connectivity index (χ0n) is 0.742. The summed E-state index contributed by atoms with van der Waals surface area (Å²) in [4.78, 5) is 0. The smallest absolute Gasteiger partial charge is 0.0149 e. The van der Waals surface area contributed by atoms with E-state index in [2.05, 4.69) is 24.7 Å². The Labute approximate surface area is 43.5 Å². The quantitative estimate of drug-likeness (QED) is 0.420. The van der Waals surface area contributed by atoms with Crippen molar-refractivity contribution >= 4 is 21.6 Å². The molecule has 0 aliphatic carbocycles. The van der Waals surface area contributed by atoms with Gasteiger partial charge in [-0.2, -0.15) is 0 Å². The Kier molecular flexibility index (Phi) is 195. The van der Waals surface area contributed by atoms with E-state index in [1.54, 1.807) is 0 Å². The third-order valence-corrected chi connectivity index (χ3v) is 0. The molecular weight excluding hydrogens is 131 g/mol. The van der Waals surface area contributed by atoms with E-state index in [0.29, 0.717) is 0 Å². The summed E-state index contributed by atoms with van der Waals surface area (Å²) in [6, 6.07) is 0. The summed E-state index contributed by atoms with van der Waals surface area (Å²) >= 11 is 3.15. The van der Waals surface area contributed by atoms with Crippen molar-refractivity contribution in [2.45, 2.75) is 7.43 Å². The first-order valence-corrected chi connectivity index (χ1v) is 1.68. The van der Waals surface area contributed by atoms with Crippen molar-refractivity contribution in [3.63, 3.8) is 0 Å². The normalized spacial score (nSPS) is 1.25. The molecule has 3 heteroatoms. The molecular formula is CH8CoSSi. The summed E-state index contributed by atoms with van der Waals surface area (Å²) in [7, 11) is 3.77. The van der Waals surface area contributed by atoms with E-state index in [1.165, 1.54) is 0 Å². The molecule has 0 saturated carbocycles. The molecule has 0 bridgehead atoms. The molecule has 0 fully saturated rings. The minimum Gasteiger partial charge on any atom is -0.0149 e. The van der Waals surface area contributed by atoms with Crippen LogP contribution in [0.15, 0.2) is 0 Å². The number of hydrogen-bond donors (Lipinski definition) is 0. The van der Waals surface area contributed by atoms with Crippen LogP contribution in [0.1, 0.15) is 7.43 Å². The molecule has 0 N–H and O–H groups in total. The van der Waals surface area contributed by atoms with Gasteiger partial charge < -0.3 is 0 Å². The third kappa shape index (κ3) is 12.5. The first kappa shape index (κ1) is 20.4. The van der Waals surface area contributed by atoms with Crippen LogP contribution >= 0.6 is 10.6 Å². The summed E-state index contributed by atoms with van der Waals surface area (Å²) in [5.41, 5.74) is 0. The van der Waals surface area contributed by atoms with Gasteiger partial charge in [-0.3, -0.25) is 0 Å². The predicted molar refractivity (Wildman–Crippen MR) is 25.7 cm³/mol. The summed E-state index contributed by atoms with van der Waals surface area (Å²) in [5, 5.41) is 0. The molecule has 4 heavy (non-hydrogen) atoms. The van der Waals surface area contributed by atoms with Crippen molar-refractivity contribution in [2.75, 3.05) is 0 Å². The van der Waals surface area contributed by atoms with E-state index < -0.39 is 0 Å². The van der Waals surface area contributed by atoms with Crippen molar-refractivity contribution in [1.29, 1.82) is 0 Å². The summed E-state index contributed by atoms with van der Waals surface area (Å²) in [6.45, 7) is 0. The van der Waals surface area contributed by atoms with E-state index in [1.807, 2.05) is 0 Å². The van der Waals surface area contributed by atoms with E-state index in [0.717, 1.165) is 0 Å². The van der Waals surface area contributed by atoms with Gasteiger partial charge in [0, 0.05) is 0 Å². The minimum atomic E-state index is 0. The largest absolute Gasteiger partial charge is 0.0149 e. The molecule has 0 heterocycles. The van der Waals surface area contributed by atoms with Crippen LogP contribution < -0.4 is 0 Å². The van der Waals surface area contributed by atoms with Gasteiger partial charge in [0.2, 0.25) is 0 Å². The standard InChI is InChI=1S/CH4.Co.S.H4Si/h1H4;;;1H4. The molecule has 31 valence electrons. The van der Waals surface area contributed by atoms with Gasteiger partial charge >= 0.3 is 24.7 Å². The van der Waals surface area contributed by atoms with Crippen molar-refractivity contribution in [3.8, 4) is 0 Å². The Hall–Kier alpha value is 0.943. The average molecular weight is 139 g/mol. The Morgan fingerprint density at radius 1 is 1.25 bits per heavy atom. The Bertz CT molecular complexity index is 8.00. The fourth-order valence-corrected chi connectivity index (χ4v) is 0. The average Bonchev–Trinajstić information content (AvgIpc) is 1.00. The molecule has 0 atom stereocenters. The monoisotopic (exact) mass is 139 g/mol. The summed E-state index contributed by atoms with van der Waals surface area (Å²) in [5.74, 6) is 0. The second-order valence-electron chi connectivity index (χ2n) is 0. The molecule has 0 amide bonds. The van der Waals surface area contributed by atoms with Crippen molar-refractivity contribution in [1.82, 2.24) is 0 Å². The fraction of sp³-hybridized carbons (Fsp3) is 1.00. The molecule has 0 radical (unpaired) electrons. The second kappa shape index (κ2) is 38.4. The molecule has 0 aromatic carbocycles. The molecule has 0 aliphatic rings. The van der Waals surface area contributed by atoms with E-state index in [4.69, 9.17) is 0 Å².